The SMILES string of the molecule is CCn1nc(C2CC2/C(C=NC)=C/N)cc1-c1cc2nc(C)cc(C)n2n1. The molecule has 3 aromatic heterocycles. The van der Waals surface area contributed by atoms with Gasteiger partial charge in [-0.2, -0.15) is 10.2 Å². The molecule has 1 saturated carbocycles. The van der Waals surface area contributed by atoms with Gasteiger partial charge >= 0.3 is 0 Å². The van der Waals surface area contributed by atoms with E-state index in [0.29, 0.717) is 11.8 Å². The standard InChI is InChI=1S/C20H25N7/c1-5-26-19(18-9-20-23-12(2)6-13(3)27(20)25-18)8-17(24-26)16-7-15(16)14(10-21)11-22-4/h6,8-11,15-16H,5,7,21H2,1-4H3/b14-10+,22-11?. The molecule has 0 saturated heterocycles. The van der Waals surface area contributed by atoms with E-state index in [1.807, 2.05) is 41.4 Å². The van der Waals surface area contributed by atoms with Gasteiger partial charge in [0.05, 0.1) is 11.4 Å². The summed E-state index contributed by atoms with van der Waals surface area (Å²) in [7, 11) is 1.77. The lowest BCUT2D eigenvalue weighted by atomic mass is 10.1. The average molecular weight is 363 g/mol. The molecule has 0 aromatic carbocycles. The van der Waals surface area contributed by atoms with Crippen molar-refractivity contribution in [3.63, 3.8) is 0 Å². The van der Waals surface area contributed by atoms with Crippen LogP contribution in [0.2, 0.25) is 0 Å². The largest absolute Gasteiger partial charge is 0.404 e. The molecule has 140 valence electrons. The molecule has 0 bridgehead atoms. The Balaban J connectivity index is 1.70. The van der Waals surface area contributed by atoms with Gasteiger partial charge in [-0.3, -0.25) is 9.67 Å². The lowest BCUT2D eigenvalue weighted by molar-refractivity contribution is 0.650. The van der Waals surface area contributed by atoms with Crippen LogP contribution in [0, 0.1) is 19.8 Å². The third kappa shape index (κ3) is 3.03. The van der Waals surface area contributed by atoms with Crippen LogP contribution in [-0.4, -0.2) is 37.6 Å². The molecule has 27 heavy (non-hydrogen) atoms. The summed E-state index contributed by atoms with van der Waals surface area (Å²) in [6.07, 6.45) is 4.57. The van der Waals surface area contributed by atoms with E-state index in [1.54, 1.807) is 13.2 Å². The molecule has 0 amide bonds. The van der Waals surface area contributed by atoms with E-state index in [9.17, 15) is 0 Å². The molecule has 7 nitrogen and oxygen atoms in total. The molecule has 0 radical (unpaired) electrons. The topological polar surface area (TPSA) is 86.4 Å². The van der Waals surface area contributed by atoms with Crippen molar-refractivity contribution in [2.24, 2.45) is 16.6 Å². The monoisotopic (exact) mass is 363 g/mol. The fourth-order valence-electron chi connectivity index (χ4n) is 3.78. The van der Waals surface area contributed by atoms with E-state index in [2.05, 4.69) is 23.0 Å². The van der Waals surface area contributed by atoms with E-state index in [4.69, 9.17) is 15.9 Å². The number of rotatable bonds is 5. The molecule has 1 aliphatic carbocycles. The van der Waals surface area contributed by atoms with Gasteiger partial charge in [0.25, 0.3) is 0 Å². The van der Waals surface area contributed by atoms with E-state index < -0.39 is 0 Å². The summed E-state index contributed by atoms with van der Waals surface area (Å²) in [5.41, 5.74) is 12.8. The predicted molar refractivity (Wildman–Crippen MR) is 107 cm³/mol. The highest BCUT2D eigenvalue weighted by atomic mass is 15.3. The Hall–Kier alpha value is -2.96. The van der Waals surface area contributed by atoms with Crippen LogP contribution in [0.3, 0.4) is 0 Å². The molecule has 3 heterocycles. The zero-order chi connectivity index (χ0) is 19.1. The van der Waals surface area contributed by atoms with Crippen molar-refractivity contribution in [1.29, 1.82) is 0 Å². The Morgan fingerprint density at radius 3 is 2.81 bits per heavy atom. The third-order valence-corrected chi connectivity index (χ3v) is 5.16. The molecule has 0 aliphatic heterocycles. The van der Waals surface area contributed by atoms with Crippen LogP contribution in [0.25, 0.3) is 17.0 Å². The maximum atomic E-state index is 5.76. The normalized spacial score (nSPS) is 20.1. The van der Waals surface area contributed by atoms with E-state index >= 15 is 0 Å². The summed E-state index contributed by atoms with van der Waals surface area (Å²) in [5.74, 6) is 0.794. The van der Waals surface area contributed by atoms with Crippen molar-refractivity contribution in [2.45, 2.75) is 39.7 Å². The smallest absolute Gasteiger partial charge is 0.156 e. The van der Waals surface area contributed by atoms with Gasteiger partial charge in [0.2, 0.25) is 0 Å². The summed E-state index contributed by atoms with van der Waals surface area (Å²) in [4.78, 5) is 8.70. The van der Waals surface area contributed by atoms with Gasteiger partial charge in [0, 0.05) is 43.2 Å². The maximum Gasteiger partial charge on any atom is 0.156 e. The van der Waals surface area contributed by atoms with Gasteiger partial charge in [-0.15, -0.1) is 0 Å². The number of aliphatic imine (C=N–C) groups is 1. The molecule has 1 fully saturated rings. The molecule has 0 spiro atoms. The highest BCUT2D eigenvalue weighted by molar-refractivity contribution is 5.80. The summed E-state index contributed by atoms with van der Waals surface area (Å²) < 4.78 is 3.91. The Labute approximate surface area is 158 Å². The van der Waals surface area contributed by atoms with Crippen molar-refractivity contribution in [3.05, 3.63) is 47.1 Å². The average Bonchev–Trinajstić information content (AvgIpc) is 3.12. The number of allylic oxidation sites excluding steroid dienone is 1. The molecular weight excluding hydrogens is 338 g/mol. The second kappa shape index (κ2) is 6.64. The van der Waals surface area contributed by atoms with Gasteiger partial charge in [0.1, 0.15) is 5.69 Å². The van der Waals surface area contributed by atoms with Gasteiger partial charge in [-0.05, 0) is 57.0 Å². The van der Waals surface area contributed by atoms with Crippen molar-refractivity contribution < 1.29 is 0 Å². The molecule has 1 aliphatic rings. The summed E-state index contributed by atoms with van der Waals surface area (Å²) >= 11 is 0. The lowest BCUT2D eigenvalue weighted by Crippen LogP contribution is -2.01. The molecular formula is C20H25N7. The summed E-state index contributed by atoms with van der Waals surface area (Å²) in [6.45, 7) is 6.94. The minimum atomic E-state index is 0.392. The number of hydrogen-bond acceptors (Lipinski definition) is 5. The van der Waals surface area contributed by atoms with E-state index in [1.165, 1.54) is 0 Å². The van der Waals surface area contributed by atoms with Crippen LogP contribution in [0.1, 0.15) is 36.3 Å². The highest BCUT2D eigenvalue weighted by Gasteiger charge is 2.42. The highest BCUT2D eigenvalue weighted by Crippen LogP contribution is 2.51. The van der Waals surface area contributed by atoms with Crippen LogP contribution in [0.4, 0.5) is 0 Å². The van der Waals surface area contributed by atoms with Crippen molar-refractivity contribution in [3.8, 4) is 11.4 Å². The third-order valence-electron chi connectivity index (χ3n) is 5.16. The maximum absolute atomic E-state index is 5.76. The number of aryl methyl sites for hydroxylation is 3. The number of fused-ring (bicyclic) bond motifs is 1. The second-order valence-corrected chi connectivity index (χ2v) is 7.11. The van der Waals surface area contributed by atoms with Gasteiger partial charge in [0.15, 0.2) is 5.65 Å². The number of nitrogens with zero attached hydrogens (tertiary/aromatic N) is 6. The van der Waals surface area contributed by atoms with Gasteiger partial charge in [-0.25, -0.2) is 9.50 Å². The minimum absolute atomic E-state index is 0.392. The fraction of sp³-hybridized carbons (Fsp3) is 0.400. The number of aromatic nitrogens is 5. The first-order valence-electron chi connectivity index (χ1n) is 9.31. The Kier molecular flexibility index (Phi) is 4.30. The number of hydrogen-bond donors (Lipinski definition) is 1. The molecule has 2 N–H and O–H groups in total. The summed E-state index contributed by atoms with van der Waals surface area (Å²) in [6, 6.07) is 6.23. The molecule has 3 aromatic rings. The minimum Gasteiger partial charge on any atom is -0.404 e. The molecule has 7 heteroatoms. The Bertz CT molecular complexity index is 1050. The zero-order valence-electron chi connectivity index (χ0n) is 16.2. The van der Waals surface area contributed by atoms with E-state index in [0.717, 1.165) is 52.7 Å². The second-order valence-electron chi connectivity index (χ2n) is 7.11. The van der Waals surface area contributed by atoms with Crippen LogP contribution in [0.15, 0.2) is 35.0 Å². The molecule has 2 unspecified atom stereocenters. The van der Waals surface area contributed by atoms with E-state index in [-0.39, 0.29) is 0 Å². The first-order chi connectivity index (χ1) is 13.0. The number of nitrogens with two attached hydrogens (primary N) is 1. The first-order valence-corrected chi connectivity index (χ1v) is 9.31. The fourth-order valence-corrected chi connectivity index (χ4v) is 3.78. The van der Waals surface area contributed by atoms with Crippen molar-refractivity contribution in [1.82, 2.24) is 24.4 Å². The van der Waals surface area contributed by atoms with Crippen molar-refractivity contribution >= 4 is 11.9 Å². The Morgan fingerprint density at radius 1 is 1.30 bits per heavy atom. The lowest BCUT2D eigenvalue weighted by Gasteiger charge is -2.00. The van der Waals surface area contributed by atoms with Crippen LogP contribution in [0.5, 0.6) is 0 Å². The van der Waals surface area contributed by atoms with Gasteiger partial charge in [-0.1, -0.05) is 0 Å². The quantitative estimate of drug-likeness (QED) is 0.706. The van der Waals surface area contributed by atoms with Crippen LogP contribution in [-0.2, 0) is 6.54 Å². The predicted octanol–water partition coefficient (Wildman–Crippen LogP) is 2.88. The molecule has 2 atom stereocenters. The van der Waals surface area contributed by atoms with Crippen molar-refractivity contribution in [2.75, 3.05) is 7.05 Å². The zero-order valence-corrected chi connectivity index (χ0v) is 16.2. The van der Waals surface area contributed by atoms with Crippen LogP contribution < -0.4 is 5.73 Å². The summed E-state index contributed by atoms with van der Waals surface area (Å²) in [5, 5.41) is 9.60. The molecule has 4 rings (SSSR count). The Morgan fingerprint density at radius 2 is 2.11 bits per heavy atom. The van der Waals surface area contributed by atoms with Crippen LogP contribution >= 0.6 is 0 Å². The first kappa shape index (κ1) is 17.5. The van der Waals surface area contributed by atoms with Gasteiger partial charge < -0.3 is 5.73 Å².